The molecule has 1 unspecified atom stereocenters. The van der Waals surface area contributed by atoms with Crippen LogP contribution in [0.5, 0.6) is 11.5 Å². The van der Waals surface area contributed by atoms with E-state index < -0.39 is 17.2 Å². The molecule has 2 aromatic rings. The molecule has 104 valence electrons. The fourth-order valence-electron chi connectivity index (χ4n) is 1.53. The third-order valence-corrected chi connectivity index (χ3v) is 2.78. The van der Waals surface area contributed by atoms with Crippen LogP contribution in [0.3, 0.4) is 0 Å². The Bertz CT molecular complexity index is 644. The molecule has 0 aliphatic heterocycles. The second kappa shape index (κ2) is 6.18. The summed E-state index contributed by atoms with van der Waals surface area (Å²) in [5, 5.41) is 8.95. The summed E-state index contributed by atoms with van der Waals surface area (Å²) in [5.74, 6) is -0.548. The van der Waals surface area contributed by atoms with Crippen LogP contribution in [0.25, 0.3) is 0 Å². The molecule has 0 saturated carbocycles. The van der Waals surface area contributed by atoms with Crippen molar-refractivity contribution < 1.29 is 23.4 Å². The minimum Gasteiger partial charge on any atom is -0.755 e. The highest BCUT2D eigenvalue weighted by Gasteiger charge is 2.10. The number of para-hydroxylation sites is 1. The molecule has 0 radical (unpaired) electrons. The lowest BCUT2D eigenvalue weighted by Gasteiger charge is -2.14. The molecule has 0 spiro atoms. The van der Waals surface area contributed by atoms with Gasteiger partial charge in [-0.15, -0.1) is 0 Å². The topological polar surface area (TPSA) is 98.7 Å². The zero-order chi connectivity index (χ0) is 14.5. The van der Waals surface area contributed by atoms with E-state index in [0.717, 1.165) is 0 Å². The van der Waals surface area contributed by atoms with Gasteiger partial charge in [0.1, 0.15) is 5.75 Å². The molecule has 0 amide bonds. The molecule has 1 atom stereocenters. The highest BCUT2D eigenvalue weighted by Crippen LogP contribution is 2.30. The smallest absolute Gasteiger partial charge is 0.335 e. The number of benzene rings is 2. The van der Waals surface area contributed by atoms with Crippen molar-refractivity contribution in [3.63, 3.8) is 0 Å². The van der Waals surface area contributed by atoms with E-state index >= 15 is 0 Å². The van der Waals surface area contributed by atoms with E-state index in [2.05, 4.69) is 4.72 Å². The van der Waals surface area contributed by atoms with Crippen LogP contribution in [0.4, 0.5) is 5.69 Å². The van der Waals surface area contributed by atoms with Crippen LogP contribution in [-0.4, -0.2) is 19.8 Å². The summed E-state index contributed by atoms with van der Waals surface area (Å²) >= 11 is -2.53. The maximum Gasteiger partial charge on any atom is 0.335 e. The fourth-order valence-corrected chi connectivity index (χ4v) is 1.88. The fraction of sp³-hybridized carbons (Fsp3) is 0. The van der Waals surface area contributed by atoms with Crippen molar-refractivity contribution in [3.05, 3.63) is 54.1 Å². The van der Waals surface area contributed by atoms with Gasteiger partial charge >= 0.3 is 5.97 Å². The summed E-state index contributed by atoms with van der Waals surface area (Å²) in [6, 6.07) is 12.5. The van der Waals surface area contributed by atoms with Gasteiger partial charge in [-0.3, -0.25) is 4.21 Å². The molecule has 0 aliphatic carbocycles. The zero-order valence-corrected chi connectivity index (χ0v) is 10.9. The first-order valence-corrected chi connectivity index (χ1v) is 6.60. The predicted molar refractivity (Wildman–Crippen MR) is 72.5 cm³/mol. The standard InChI is InChI=1S/C13H11NO5S/c15-13(16)9-6-7-11(14-20(17)18)12(8-9)19-10-4-2-1-3-5-10/h1-8,14H,(H,15,16)(H,17,18)/p-1. The number of hydrogen-bond donors (Lipinski definition) is 2. The molecule has 0 saturated heterocycles. The van der Waals surface area contributed by atoms with Gasteiger partial charge in [-0.1, -0.05) is 18.2 Å². The Kier molecular flexibility index (Phi) is 4.34. The average Bonchev–Trinajstić information content (AvgIpc) is 2.41. The first-order chi connectivity index (χ1) is 9.56. The molecular formula is C13H10NO5S-. The normalized spacial score (nSPS) is 11.7. The summed E-state index contributed by atoms with van der Waals surface area (Å²) in [7, 11) is 0. The van der Waals surface area contributed by atoms with Gasteiger partial charge in [-0.05, 0) is 30.3 Å². The van der Waals surface area contributed by atoms with Gasteiger partial charge in [0.2, 0.25) is 0 Å². The third kappa shape index (κ3) is 3.56. The third-order valence-electron chi connectivity index (χ3n) is 2.39. The molecule has 7 heteroatoms. The largest absolute Gasteiger partial charge is 0.755 e. The van der Waals surface area contributed by atoms with Crippen molar-refractivity contribution in [1.29, 1.82) is 0 Å². The number of rotatable bonds is 5. The second-order valence-corrected chi connectivity index (χ2v) is 4.44. The number of aromatic carboxylic acids is 1. The van der Waals surface area contributed by atoms with Gasteiger partial charge in [-0.25, -0.2) is 4.79 Å². The van der Waals surface area contributed by atoms with Gasteiger partial charge in [0, 0.05) is 11.3 Å². The molecular weight excluding hydrogens is 282 g/mol. The summed E-state index contributed by atoms with van der Waals surface area (Å²) in [4.78, 5) is 10.9. The number of nitrogens with one attached hydrogen (secondary N) is 1. The van der Waals surface area contributed by atoms with Crippen molar-refractivity contribution >= 4 is 22.9 Å². The Morgan fingerprint density at radius 1 is 1.20 bits per heavy atom. The van der Waals surface area contributed by atoms with E-state index in [0.29, 0.717) is 5.75 Å². The van der Waals surface area contributed by atoms with Gasteiger partial charge in [0.25, 0.3) is 0 Å². The number of anilines is 1. The lowest BCUT2D eigenvalue weighted by molar-refractivity contribution is 0.0696. The molecule has 6 nitrogen and oxygen atoms in total. The van der Waals surface area contributed by atoms with Crippen LogP contribution in [0, 0.1) is 0 Å². The molecule has 0 aliphatic rings. The van der Waals surface area contributed by atoms with Crippen LogP contribution in [0.1, 0.15) is 10.4 Å². The maximum absolute atomic E-state index is 10.9. The average molecular weight is 292 g/mol. The zero-order valence-electron chi connectivity index (χ0n) is 10.1. The van der Waals surface area contributed by atoms with Crippen molar-refractivity contribution in [1.82, 2.24) is 0 Å². The highest BCUT2D eigenvalue weighted by molar-refractivity contribution is 7.80. The minimum absolute atomic E-state index is 0.00170. The molecule has 0 heterocycles. The molecule has 20 heavy (non-hydrogen) atoms. The van der Waals surface area contributed by atoms with Crippen molar-refractivity contribution in [2.24, 2.45) is 0 Å². The molecule has 0 bridgehead atoms. The summed E-state index contributed by atoms with van der Waals surface area (Å²) < 4.78 is 29.1. The second-order valence-electron chi connectivity index (χ2n) is 3.77. The van der Waals surface area contributed by atoms with Crippen LogP contribution >= 0.6 is 0 Å². The first-order valence-electron chi connectivity index (χ1n) is 5.52. The quantitative estimate of drug-likeness (QED) is 0.824. The number of carboxylic acids is 1. The van der Waals surface area contributed by atoms with Crippen molar-refractivity contribution in [3.8, 4) is 11.5 Å². The van der Waals surface area contributed by atoms with Crippen LogP contribution in [0.15, 0.2) is 48.5 Å². The molecule has 0 aromatic heterocycles. The van der Waals surface area contributed by atoms with Gasteiger partial charge < -0.3 is 19.1 Å². The Balaban J connectivity index is 2.38. The number of hydrogen-bond acceptors (Lipinski definition) is 4. The van der Waals surface area contributed by atoms with Crippen LogP contribution in [0.2, 0.25) is 0 Å². The van der Waals surface area contributed by atoms with Crippen molar-refractivity contribution in [2.45, 2.75) is 0 Å². The molecule has 2 rings (SSSR count). The van der Waals surface area contributed by atoms with Crippen molar-refractivity contribution in [2.75, 3.05) is 4.72 Å². The Morgan fingerprint density at radius 2 is 1.90 bits per heavy atom. The first kappa shape index (κ1) is 14.0. The Labute approximate surface area is 117 Å². The molecule has 0 fully saturated rings. The summed E-state index contributed by atoms with van der Waals surface area (Å²) in [6.07, 6.45) is 0. The lowest BCUT2D eigenvalue weighted by Crippen LogP contribution is -2.05. The summed E-state index contributed by atoms with van der Waals surface area (Å²) in [5.41, 5.74) is 0.158. The van der Waals surface area contributed by atoms with E-state index in [4.69, 9.17) is 9.84 Å². The minimum atomic E-state index is -2.53. The molecule has 2 aromatic carbocycles. The highest BCUT2D eigenvalue weighted by atomic mass is 32.2. The van der Waals surface area contributed by atoms with E-state index in [9.17, 15) is 13.6 Å². The number of carbonyl (C=O) groups is 1. The monoisotopic (exact) mass is 292 g/mol. The number of carboxylic acid groups (broad SMARTS) is 1. The number of ether oxygens (including phenoxy) is 1. The van der Waals surface area contributed by atoms with E-state index in [1.54, 1.807) is 30.3 Å². The van der Waals surface area contributed by atoms with E-state index in [1.807, 2.05) is 0 Å². The Morgan fingerprint density at radius 3 is 2.50 bits per heavy atom. The van der Waals surface area contributed by atoms with E-state index in [-0.39, 0.29) is 17.0 Å². The van der Waals surface area contributed by atoms with Gasteiger partial charge in [0.05, 0.1) is 11.3 Å². The van der Waals surface area contributed by atoms with Gasteiger partial charge in [-0.2, -0.15) is 0 Å². The SMILES string of the molecule is O=C(O)c1ccc(NS(=O)[O-])c(Oc2ccccc2)c1. The summed E-state index contributed by atoms with van der Waals surface area (Å²) in [6.45, 7) is 0. The lowest BCUT2D eigenvalue weighted by atomic mass is 10.2. The molecule has 2 N–H and O–H groups in total. The Hall–Kier alpha value is -2.38. The van der Waals surface area contributed by atoms with E-state index in [1.165, 1.54) is 18.2 Å². The van der Waals surface area contributed by atoms with Crippen LogP contribution < -0.4 is 9.46 Å². The maximum atomic E-state index is 10.9. The van der Waals surface area contributed by atoms with Gasteiger partial charge in [0.15, 0.2) is 5.75 Å². The predicted octanol–water partition coefficient (Wildman–Crippen LogP) is 2.38. The van der Waals surface area contributed by atoms with Crippen LogP contribution in [-0.2, 0) is 11.3 Å².